The molecule has 4 aromatic rings. The summed E-state index contributed by atoms with van der Waals surface area (Å²) >= 11 is 0. The maximum absolute atomic E-state index is 13.9. The summed E-state index contributed by atoms with van der Waals surface area (Å²) in [6.07, 6.45) is 0. The lowest BCUT2D eigenvalue weighted by Crippen LogP contribution is -2.31. The van der Waals surface area contributed by atoms with Crippen LogP contribution in [0.1, 0.15) is 22.6 Å². The van der Waals surface area contributed by atoms with Crippen LogP contribution in [0.4, 0.5) is 5.69 Å². The second kappa shape index (κ2) is 9.11. The summed E-state index contributed by atoms with van der Waals surface area (Å²) in [6.45, 7) is 5.57. The van der Waals surface area contributed by atoms with Crippen LogP contribution in [0.5, 0.6) is 5.75 Å². The van der Waals surface area contributed by atoms with Crippen molar-refractivity contribution in [2.24, 2.45) is 0 Å². The second-order valence-corrected chi connectivity index (χ2v) is 9.67. The number of ether oxygens (including phenoxy) is 1. The molecule has 0 aliphatic rings. The van der Waals surface area contributed by atoms with E-state index in [0.717, 1.165) is 11.1 Å². The summed E-state index contributed by atoms with van der Waals surface area (Å²) < 4.78 is 40.5. The van der Waals surface area contributed by atoms with Crippen molar-refractivity contribution in [1.82, 2.24) is 4.98 Å². The standard InChI is InChI=1S/C26H26N2O4S/c1-18-10-9-12-21(16-18)26-27-22(20(3)32-26)17-28(23-13-6-7-14-24(23)31-4)33(29,30)25-15-8-5-11-19(25)2/h5-16H,17H2,1-4H3. The van der Waals surface area contributed by atoms with Crippen LogP contribution in [0.2, 0.25) is 0 Å². The van der Waals surface area contributed by atoms with Gasteiger partial charge in [0.05, 0.1) is 24.2 Å². The molecule has 0 N–H and O–H groups in total. The van der Waals surface area contributed by atoms with Crippen LogP contribution in [-0.4, -0.2) is 20.5 Å². The number of benzene rings is 3. The average Bonchev–Trinajstić information content (AvgIpc) is 3.18. The topological polar surface area (TPSA) is 72.6 Å². The number of hydrogen-bond donors (Lipinski definition) is 0. The van der Waals surface area contributed by atoms with Gasteiger partial charge in [0.1, 0.15) is 17.2 Å². The molecule has 0 saturated heterocycles. The second-order valence-electron chi connectivity index (χ2n) is 7.84. The molecule has 4 rings (SSSR count). The smallest absolute Gasteiger partial charge is 0.265 e. The van der Waals surface area contributed by atoms with Crippen molar-refractivity contribution in [2.75, 3.05) is 11.4 Å². The number of methoxy groups -OCH3 is 1. The van der Waals surface area contributed by atoms with Crippen LogP contribution in [0.15, 0.2) is 82.1 Å². The van der Waals surface area contributed by atoms with Crippen molar-refractivity contribution in [3.05, 3.63) is 95.4 Å². The fraction of sp³-hybridized carbons (Fsp3) is 0.192. The minimum atomic E-state index is -3.92. The number of para-hydroxylation sites is 2. The van der Waals surface area contributed by atoms with Gasteiger partial charge in [-0.15, -0.1) is 0 Å². The number of rotatable bonds is 7. The van der Waals surface area contributed by atoms with E-state index in [1.807, 2.05) is 37.3 Å². The fourth-order valence-corrected chi connectivity index (χ4v) is 5.38. The molecular weight excluding hydrogens is 436 g/mol. The molecule has 0 spiro atoms. The Balaban J connectivity index is 1.83. The van der Waals surface area contributed by atoms with Gasteiger partial charge in [0.25, 0.3) is 10.0 Å². The van der Waals surface area contributed by atoms with E-state index < -0.39 is 10.0 Å². The highest BCUT2D eigenvalue weighted by Gasteiger charge is 2.30. The lowest BCUT2D eigenvalue weighted by Gasteiger charge is -2.26. The summed E-state index contributed by atoms with van der Waals surface area (Å²) in [6, 6.07) is 21.8. The highest BCUT2D eigenvalue weighted by Crippen LogP contribution is 2.35. The minimum Gasteiger partial charge on any atom is -0.495 e. The first-order valence-electron chi connectivity index (χ1n) is 10.6. The molecule has 1 heterocycles. The van der Waals surface area contributed by atoms with Crippen molar-refractivity contribution < 1.29 is 17.6 Å². The van der Waals surface area contributed by atoms with Gasteiger partial charge in [-0.25, -0.2) is 13.4 Å². The van der Waals surface area contributed by atoms with Crippen molar-refractivity contribution in [3.8, 4) is 17.2 Å². The number of sulfonamides is 1. The number of nitrogens with zero attached hydrogens (tertiary/aromatic N) is 2. The third-order valence-electron chi connectivity index (χ3n) is 5.47. The first-order chi connectivity index (χ1) is 15.8. The molecule has 0 radical (unpaired) electrons. The van der Waals surface area contributed by atoms with Gasteiger partial charge in [-0.2, -0.15) is 0 Å². The summed E-state index contributed by atoms with van der Waals surface area (Å²) in [5.41, 5.74) is 3.56. The number of anilines is 1. The van der Waals surface area contributed by atoms with Gasteiger partial charge in [-0.05, 0) is 56.7 Å². The van der Waals surface area contributed by atoms with Crippen molar-refractivity contribution in [1.29, 1.82) is 0 Å². The number of aromatic nitrogens is 1. The fourth-order valence-electron chi connectivity index (χ4n) is 3.71. The molecule has 33 heavy (non-hydrogen) atoms. The van der Waals surface area contributed by atoms with Gasteiger partial charge < -0.3 is 9.15 Å². The van der Waals surface area contributed by atoms with Crippen LogP contribution in [0, 0.1) is 20.8 Å². The lowest BCUT2D eigenvalue weighted by molar-refractivity contribution is 0.415. The molecule has 0 amide bonds. The Labute approximate surface area is 194 Å². The molecular formula is C26H26N2O4S. The average molecular weight is 463 g/mol. The maximum Gasteiger partial charge on any atom is 0.265 e. The van der Waals surface area contributed by atoms with E-state index in [0.29, 0.717) is 34.3 Å². The Bertz CT molecular complexity index is 1390. The van der Waals surface area contributed by atoms with Crippen LogP contribution in [0.25, 0.3) is 11.5 Å². The monoisotopic (exact) mass is 462 g/mol. The third kappa shape index (κ3) is 4.50. The minimum absolute atomic E-state index is 0.00180. The molecule has 3 aromatic carbocycles. The van der Waals surface area contributed by atoms with E-state index in [1.165, 1.54) is 11.4 Å². The summed E-state index contributed by atoms with van der Waals surface area (Å²) in [5.74, 6) is 1.47. The Morgan fingerprint density at radius 1 is 0.939 bits per heavy atom. The van der Waals surface area contributed by atoms with Crippen LogP contribution in [-0.2, 0) is 16.6 Å². The zero-order valence-electron chi connectivity index (χ0n) is 19.1. The predicted molar refractivity (Wildman–Crippen MR) is 129 cm³/mol. The first kappa shape index (κ1) is 22.6. The van der Waals surface area contributed by atoms with E-state index in [9.17, 15) is 8.42 Å². The van der Waals surface area contributed by atoms with E-state index in [1.54, 1.807) is 56.3 Å². The summed E-state index contributed by atoms with van der Waals surface area (Å²) in [4.78, 5) is 4.89. The normalized spacial score (nSPS) is 11.4. The number of oxazole rings is 1. The van der Waals surface area contributed by atoms with E-state index in [4.69, 9.17) is 9.15 Å². The summed E-state index contributed by atoms with van der Waals surface area (Å²) in [7, 11) is -2.40. The Kier molecular flexibility index (Phi) is 6.24. The van der Waals surface area contributed by atoms with Crippen molar-refractivity contribution in [3.63, 3.8) is 0 Å². The molecule has 170 valence electrons. The van der Waals surface area contributed by atoms with Crippen LogP contribution < -0.4 is 9.04 Å². The molecule has 6 nitrogen and oxygen atoms in total. The van der Waals surface area contributed by atoms with E-state index in [2.05, 4.69) is 4.98 Å². The quantitative estimate of drug-likeness (QED) is 0.354. The Hall–Kier alpha value is -3.58. The van der Waals surface area contributed by atoms with Gasteiger partial charge in [0, 0.05) is 5.56 Å². The zero-order valence-corrected chi connectivity index (χ0v) is 19.9. The molecule has 1 aromatic heterocycles. The highest BCUT2D eigenvalue weighted by molar-refractivity contribution is 7.92. The highest BCUT2D eigenvalue weighted by atomic mass is 32.2. The first-order valence-corrected chi connectivity index (χ1v) is 12.0. The molecule has 0 aliphatic heterocycles. The molecule has 0 aliphatic carbocycles. The largest absolute Gasteiger partial charge is 0.495 e. The maximum atomic E-state index is 13.9. The molecule has 0 atom stereocenters. The predicted octanol–water partition coefficient (Wildman–Crippen LogP) is 5.67. The number of aryl methyl sites for hydroxylation is 3. The zero-order chi connectivity index (χ0) is 23.6. The van der Waals surface area contributed by atoms with Gasteiger partial charge in [-0.1, -0.05) is 48.0 Å². The molecule has 0 fully saturated rings. The van der Waals surface area contributed by atoms with E-state index in [-0.39, 0.29) is 11.4 Å². The molecule has 0 bridgehead atoms. The van der Waals surface area contributed by atoms with Crippen LogP contribution in [0.3, 0.4) is 0 Å². The van der Waals surface area contributed by atoms with Crippen LogP contribution >= 0.6 is 0 Å². The molecule has 7 heteroatoms. The van der Waals surface area contributed by atoms with Gasteiger partial charge in [0.2, 0.25) is 5.89 Å². The molecule has 0 unspecified atom stereocenters. The van der Waals surface area contributed by atoms with E-state index >= 15 is 0 Å². The molecule has 0 saturated carbocycles. The van der Waals surface area contributed by atoms with Gasteiger partial charge in [-0.3, -0.25) is 4.31 Å². The number of hydrogen-bond acceptors (Lipinski definition) is 5. The summed E-state index contributed by atoms with van der Waals surface area (Å²) in [5, 5.41) is 0. The third-order valence-corrected chi connectivity index (χ3v) is 7.39. The Morgan fingerprint density at radius 3 is 2.39 bits per heavy atom. The van der Waals surface area contributed by atoms with Crippen molar-refractivity contribution in [2.45, 2.75) is 32.2 Å². The van der Waals surface area contributed by atoms with Gasteiger partial charge >= 0.3 is 0 Å². The lowest BCUT2D eigenvalue weighted by atomic mass is 10.1. The van der Waals surface area contributed by atoms with Crippen molar-refractivity contribution >= 4 is 15.7 Å². The Morgan fingerprint density at radius 2 is 1.67 bits per heavy atom. The van der Waals surface area contributed by atoms with Gasteiger partial charge in [0.15, 0.2) is 0 Å². The SMILES string of the molecule is COc1ccccc1N(Cc1nc(-c2cccc(C)c2)oc1C)S(=O)(=O)c1ccccc1C.